The summed E-state index contributed by atoms with van der Waals surface area (Å²) in [4.78, 5) is 25.0. The second kappa shape index (κ2) is 10.1. The molecule has 0 saturated heterocycles. The number of ketones is 1. The monoisotopic (exact) mass is 256 g/mol. The molecule has 0 spiro atoms. The van der Waals surface area contributed by atoms with E-state index in [0.717, 1.165) is 25.8 Å². The summed E-state index contributed by atoms with van der Waals surface area (Å²) >= 11 is 0. The van der Waals surface area contributed by atoms with Gasteiger partial charge in [-0.25, -0.2) is 0 Å². The third kappa shape index (κ3) is 9.16. The first-order valence-electron chi connectivity index (χ1n) is 6.89. The van der Waals surface area contributed by atoms with Crippen LogP contribution < -0.4 is 5.32 Å². The van der Waals surface area contributed by atoms with Crippen molar-refractivity contribution in [2.45, 2.75) is 46.0 Å². The number of carbonyl (C=O) groups excluding carboxylic acids is 2. The minimum Gasteiger partial charge on any atom is -0.355 e. The van der Waals surface area contributed by atoms with Crippen molar-refractivity contribution >= 4 is 11.7 Å². The van der Waals surface area contributed by atoms with Gasteiger partial charge in [-0.2, -0.15) is 0 Å². The van der Waals surface area contributed by atoms with Crippen LogP contribution in [0, 0.1) is 5.92 Å². The van der Waals surface area contributed by atoms with Gasteiger partial charge in [0.25, 0.3) is 0 Å². The molecule has 0 radical (unpaired) electrons. The van der Waals surface area contributed by atoms with E-state index in [9.17, 15) is 9.59 Å². The summed E-state index contributed by atoms with van der Waals surface area (Å²) in [5, 5.41) is 2.87. The largest absolute Gasteiger partial charge is 0.355 e. The van der Waals surface area contributed by atoms with Crippen LogP contribution in [0.1, 0.15) is 46.0 Å². The van der Waals surface area contributed by atoms with Crippen molar-refractivity contribution in [1.29, 1.82) is 0 Å². The van der Waals surface area contributed by atoms with E-state index in [1.807, 2.05) is 19.0 Å². The van der Waals surface area contributed by atoms with Gasteiger partial charge in [-0.3, -0.25) is 9.59 Å². The van der Waals surface area contributed by atoms with Gasteiger partial charge in [0.15, 0.2) is 0 Å². The normalized spacial score (nSPS) is 12.5. The average Bonchev–Trinajstić information content (AvgIpc) is 2.28. The third-order valence-corrected chi connectivity index (χ3v) is 3.08. The Kier molecular flexibility index (Phi) is 9.56. The van der Waals surface area contributed by atoms with Crippen LogP contribution in [0.25, 0.3) is 0 Å². The maximum atomic E-state index is 11.6. The molecule has 4 heteroatoms. The number of nitrogens with zero attached hydrogens (tertiary/aromatic N) is 1. The molecular formula is C14H28N2O2. The summed E-state index contributed by atoms with van der Waals surface area (Å²) in [6.45, 7) is 5.26. The highest BCUT2D eigenvalue weighted by Gasteiger charge is 2.15. The highest BCUT2D eigenvalue weighted by atomic mass is 16.1. The summed E-state index contributed by atoms with van der Waals surface area (Å²) < 4.78 is 0. The van der Waals surface area contributed by atoms with Gasteiger partial charge in [0, 0.05) is 25.4 Å². The summed E-state index contributed by atoms with van der Waals surface area (Å²) in [7, 11) is 3.95. The molecule has 18 heavy (non-hydrogen) atoms. The Morgan fingerprint density at radius 2 is 1.89 bits per heavy atom. The lowest BCUT2D eigenvalue weighted by molar-refractivity contribution is -0.123. The Balaban J connectivity index is 3.81. The van der Waals surface area contributed by atoms with E-state index in [1.165, 1.54) is 0 Å². The fraction of sp³-hybridized carbons (Fsp3) is 0.857. The van der Waals surface area contributed by atoms with E-state index in [1.54, 1.807) is 6.92 Å². The standard InChI is InChI=1S/C14H28N2O2/c1-5-6-7-13(12(2)17)8-9-14(18)15-10-11-16(3)4/h13H,5-11H2,1-4H3,(H,15,18)/t13-/m0/s1. The van der Waals surface area contributed by atoms with Gasteiger partial charge < -0.3 is 10.2 Å². The van der Waals surface area contributed by atoms with Crippen molar-refractivity contribution < 1.29 is 9.59 Å². The molecule has 0 fully saturated rings. The van der Waals surface area contributed by atoms with Gasteiger partial charge in [0.05, 0.1) is 0 Å². The van der Waals surface area contributed by atoms with E-state index in [2.05, 4.69) is 12.2 Å². The van der Waals surface area contributed by atoms with Crippen molar-refractivity contribution in [2.75, 3.05) is 27.2 Å². The molecular weight excluding hydrogens is 228 g/mol. The maximum Gasteiger partial charge on any atom is 0.220 e. The molecule has 0 aromatic heterocycles. The van der Waals surface area contributed by atoms with Crippen LogP contribution in [0.15, 0.2) is 0 Å². The molecule has 0 aliphatic heterocycles. The molecule has 106 valence electrons. The van der Waals surface area contributed by atoms with E-state index >= 15 is 0 Å². The molecule has 0 saturated carbocycles. The highest BCUT2D eigenvalue weighted by Crippen LogP contribution is 2.15. The summed E-state index contributed by atoms with van der Waals surface area (Å²) in [6.07, 6.45) is 4.21. The van der Waals surface area contributed by atoms with Crippen LogP contribution in [-0.4, -0.2) is 43.8 Å². The number of hydrogen-bond acceptors (Lipinski definition) is 3. The first-order valence-corrected chi connectivity index (χ1v) is 6.89. The quantitative estimate of drug-likeness (QED) is 0.649. The molecule has 0 aliphatic carbocycles. The van der Waals surface area contributed by atoms with Gasteiger partial charge >= 0.3 is 0 Å². The minimum absolute atomic E-state index is 0.0552. The second-order valence-corrected chi connectivity index (χ2v) is 5.14. The minimum atomic E-state index is 0.0552. The summed E-state index contributed by atoms with van der Waals surface area (Å²) in [6, 6.07) is 0. The number of nitrogens with one attached hydrogen (secondary N) is 1. The molecule has 0 bridgehead atoms. The zero-order valence-corrected chi connectivity index (χ0v) is 12.3. The highest BCUT2D eigenvalue weighted by molar-refractivity contribution is 5.80. The van der Waals surface area contributed by atoms with Gasteiger partial charge in [-0.15, -0.1) is 0 Å². The zero-order chi connectivity index (χ0) is 14.0. The molecule has 4 nitrogen and oxygen atoms in total. The Morgan fingerprint density at radius 1 is 1.22 bits per heavy atom. The van der Waals surface area contributed by atoms with E-state index in [0.29, 0.717) is 19.4 Å². The predicted octanol–water partition coefficient (Wildman–Crippen LogP) is 1.84. The lowest BCUT2D eigenvalue weighted by Gasteiger charge is -2.14. The molecule has 0 heterocycles. The van der Waals surface area contributed by atoms with E-state index in [-0.39, 0.29) is 17.6 Å². The molecule has 1 N–H and O–H groups in total. The lowest BCUT2D eigenvalue weighted by Crippen LogP contribution is -2.31. The van der Waals surface area contributed by atoms with E-state index < -0.39 is 0 Å². The van der Waals surface area contributed by atoms with Crippen molar-refractivity contribution in [1.82, 2.24) is 10.2 Å². The maximum absolute atomic E-state index is 11.6. The number of carbonyl (C=O) groups is 2. The van der Waals surface area contributed by atoms with Crippen LogP contribution in [0.2, 0.25) is 0 Å². The van der Waals surface area contributed by atoms with Gasteiger partial charge in [-0.05, 0) is 33.9 Å². The van der Waals surface area contributed by atoms with Gasteiger partial charge in [0.2, 0.25) is 5.91 Å². The number of rotatable bonds is 10. The Morgan fingerprint density at radius 3 is 2.39 bits per heavy atom. The van der Waals surface area contributed by atoms with Gasteiger partial charge in [-0.1, -0.05) is 19.8 Å². The first-order chi connectivity index (χ1) is 8.47. The fourth-order valence-electron chi connectivity index (χ4n) is 1.81. The number of amides is 1. The van der Waals surface area contributed by atoms with Crippen molar-refractivity contribution in [2.24, 2.45) is 5.92 Å². The van der Waals surface area contributed by atoms with Gasteiger partial charge in [0.1, 0.15) is 5.78 Å². The number of Topliss-reactive ketones (excluding diaryl/α,β-unsaturated/α-hetero) is 1. The molecule has 1 amide bonds. The summed E-state index contributed by atoms with van der Waals surface area (Å²) in [5.74, 6) is 0.327. The molecule has 0 aliphatic rings. The van der Waals surface area contributed by atoms with Crippen molar-refractivity contribution in [3.05, 3.63) is 0 Å². The number of likely N-dealkylation sites (N-methyl/N-ethyl adjacent to an activating group) is 1. The molecule has 0 aromatic rings. The number of hydrogen-bond donors (Lipinski definition) is 1. The fourth-order valence-corrected chi connectivity index (χ4v) is 1.81. The van der Waals surface area contributed by atoms with Crippen molar-refractivity contribution in [3.63, 3.8) is 0 Å². The van der Waals surface area contributed by atoms with Crippen molar-refractivity contribution in [3.8, 4) is 0 Å². The molecule has 0 unspecified atom stereocenters. The molecule has 1 atom stereocenters. The second-order valence-electron chi connectivity index (χ2n) is 5.14. The third-order valence-electron chi connectivity index (χ3n) is 3.08. The van der Waals surface area contributed by atoms with E-state index in [4.69, 9.17) is 0 Å². The lowest BCUT2D eigenvalue weighted by atomic mass is 9.93. The SMILES string of the molecule is CCCC[C@@H](CCC(=O)NCCN(C)C)C(C)=O. The molecule has 0 aromatic carbocycles. The smallest absolute Gasteiger partial charge is 0.220 e. The Bertz CT molecular complexity index is 252. The topological polar surface area (TPSA) is 49.4 Å². The summed E-state index contributed by atoms with van der Waals surface area (Å²) in [5.41, 5.74) is 0. The molecule has 0 rings (SSSR count). The zero-order valence-electron chi connectivity index (χ0n) is 12.3. The van der Waals surface area contributed by atoms with Crippen LogP contribution in [0.4, 0.5) is 0 Å². The van der Waals surface area contributed by atoms with Crippen LogP contribution in [0.5, 0.6) is 0 Å². The first kappa shape index (κ1) is 17.1. The number of unbranched alkanes of at least 4 members (excludes halogenated alkanes) is 1. The van der Waals surface area contributed by atoms with Crippen LogP contribution in [0.3, 0.4) is 0 Å². The van der Waals surface area contributed by atoms with Crippen LogP contribution >= 0.6 is 0 Å². The Labute approximate surface area is 111 Å². The Hall–Kier alpha value is -0.900. The predicted molar refractivity (Wildman–Crippen MR) is 74.5 cm³/mol. The average molecular weight is 256 g/mol. The van der Waals surface area contributed by atoms with Crippen LogP contribution in [-0.2, 0) is 9.59 Å².